The number of phosphoric ester groups is 1. The van der Waals surface area contributed by atoms with Crippen LogP contribution in [0.3, 0.4) is 0 Å². The van der Waals surface area contributed by atoms with Crippen LogP contribution in [0.5, 0.6) is 0 Å². The van der Waals surface area contributed by atoms with Crippen LogP contribution in [-0.4, -0.2) is 69.4 Å². The summed E-state index contributed by atoms with van der Waals surface area (Å²) in [4.78, 5) is 40.1. The van der Waals surface area contributed by atoms with Gasteiger partial charge in [-0.3, -0.25) is 14.2 Å². The lowest BCUT2D eigenvalue weighted by Gasteiger charge is -2.30. The van der Waals surface area contributed by atoms with Crippen molar-refractivity contribution in [2.45, 2.75) is 296 Å². The molecular weight excluding hydrogens is 1040 g/mol. The maximum Gasteiger partial charge on any atom is 0.306 e. The van der Waals surface area contributed by atoms with Crippen molar-refractivity contribution < 1.29 is 37.3 Å². The van der Waals surface area contributed by atoms with Crippen LogP contribution in [0.15, 0.2) is 109 Å². The predicted molar refractivity (Wildman–Crippen MR) is 353 cm³/mol. The van der Waals surface area contributed by atoms with Gasteiger partial charge in [-0.25, -0.2) is 0 Å². The van der Waals surface area contributed by atoms with Crippen molar-refractivity contribution in [1.29, 1.82) is 0 Å². The standard InChI is InChI=1S/C72H127N2O7P/c1-7-10-13-16-19-22-25-28-30-32-34-36-37-39-41-43-45-47-50-53-56-59-62-65-72(76)81-70(63-60-57-54-51-48-27-24-21-18-15-12-9-3)69(68-80-82(77,78)79-67-66-74(4,5)6)73-71(75)64-61-58-55-52-49-46-44-42-40-38-35-33-31-29-26-23-20-17-14-11-8-2/h10,13,19-20,22-23,28-31,34,36,39,41,45,47,60,63,69-70H,7-9,11-12,14-18,21,24-27,32-33,35,37-38,40,42-44,46,48-59,61-62,64-68H2,1-6H3,(H-,73,75,77,78)/b13-10-,22-19-,23-20-,30-28-,31-29-,36-34-,41-39-,47-45-,63-60+. The number of carbonyl (C=O) groups is 2. The lowest BCUT2D eigenvalue weighted by atomic mass is 10.0. The van der Waals surface area contributed by atoms with E-state index in [4.69, 9.17) is 13.8 Å². The second kappa shape index (κ2) is 60.8. The Bertz CT molecular complexity index is 1770. The molecular formula is C72H127N2O7P. The van der Waals surface area contributed by atoms with Gasteiger partial charge in [-0.05, 0) is 115 Å². The molecule has 0 heterocycles. The number of hydrogen-bond donors (Lipinski definition) is 1. The predicted octanol–water partition coefficient (Wildman–Crippen LogP) is 20.7. The second-order valence-electron chi connectivity index (χ2n) is 23.6. The van der Waals surface area contributed by atoms with E-state index in [0.29, 0.717) is 23.9 Å². The lowest BCUT2D eigenvalue weighted by molar-refractivity contribution is -0.870. The number of ether oxygens (including phenoxy) is 1. The summed E-state index contributed by atoms with van der Waals surface area (Å²) < 4.78 is 30.4. The lowest BCUT2D eigenvalue weighted by Crippen LogP contribution is -2.47. The Morgan fingerprint density at radius 1 is 0.439 bits per heavy atom. The fourth-order valence-electron chi connectivity index (χ4n) is 9.26. The molecule has 0 saturated heterocycles. The Labute approximate surface area is 506 Å². The molecule has 9 nitrogen and oxygen atoms in total. The zero-order chi connectivity index (χ0) is 60.0. The van der Waals surface area contributed by atoms with Gasteiger partial charge >= 0.3 is 5.97 Å². The summed E-state index contributed by atoms with van der Waals surface area (Å²) in [6.45, 7) is 6.69. The molecule has 0 aromatic heterocycles. The number of rotatable bonds is 60. The minimum absolute atomic E-state index is 0.0319. The summed E-state index contributed by atoms with van der Waals surface area (Å²) in [5.41, 5.74) is 0. The Balaban J connectivity index is 5.22. The molecule has 1 amide bonds. The monoisotopic (exact) mass is 1160 g/mol. The number of nitrogens with zero attached hydrogens (tertiary/aromatic N) is 1. The molecule has 0 aromatic rings. The number of hydrogen-bond acceptors (Lipinski definition) is 7. The van der Waals surface area contributed by atoms with Gasteiger partial charge in [0, 0.05) is 12.8 Å². The minimum Gasteiger partial charge on any atom is -0.756 e. The molecule has 0 aliphatic rings. The first-order valence-corrected chi connectivity index (χ1v) is 35.2. The molecule has 3 atom stereocenters. The molecule has 0 rings (SSSR count). The van der Waals surface area contributed by atoms with Crippen molar-refractivity contribution in [3.63, 3.8) is 0 Å². The second-order valence-corrected chi connectivity index (χ2v) is 25.0. The van der Waals surface area contributed by atoms with E-state index < -0.39 is 26.6 Å². The molecule has 0 fully saturated rings. The van der Waals surface area contributed by atoms with Gasteiger partial charge in [-0.1, -0.05) is 265 Å². The first-order valence-electron chi connectivity index (χ1n) is 33.7. The number of amides is 1. The van der Waals surface area contributed by atoms with Gasteiger partial charge in [0.05, 0.1) is 33.8 Å². The van der Waals surface area contributed by atoms with Crippen LogP contribution < -0.4 is 10.2 Å². The van der Waals surface area contributed by atoms with E-state index in [0.717, 1.165) is 116 Å². The molecule has 0 aromatic carbocycles. The smallest absolute Gasteiger partial charge is 0.306 e. The third-order valence-corrected chi connectivity index (χ3v) is 15.4. The molecule has 0 spiro atoms. The van der Waals surface area contributed by atoms with Gasteiger partial charge in [0.1, 0.15) is 19.3 Å². The van der Waals surface area contributed by atoms with Crippen LogP contribution in [0.2, 0.25) is 0 Å². The van der Waals surface area contributed by atoms with Crippen LogP contribution in [-0.2, 0) is 27.9 Å². The Kier molecular flexibility index (Phi) is 58.3. The summed E-state index contributed by atoms with van der Waals surface area (Å²) in [7, 11) is 1.16. The normalized spacial score (nSPS) is 14.3. The third kappa shape index (κ3) is 61.2. The van der Waals surface area contributed by atoms with Crippen molar-refractivity contribution in [3.8, 4) is 0 Å². The van der Waals surface area contributed by atoms with Gasteiger partial charge in [0.2, 0.25) is 5.91 Å². The number of carbonyl (C=O) groups excluding carboxylic acids is 2. The van der Waals surface area contributed by atoms with Crippen LogP contribution >= 0.6 is 7.82 Å². The molecule has 0 saturated carbocycles. The number of nitrogens with one attached hydrogen (secondary N) is 1. The molecule has 0 radical (unpaired) electrons. The fourth-order valence-corrected chi connectivity index (χ4v) is 9.98. The van der Waals surface area contributed by atoms with E-state index in [9.17, 15) is 19.0 Å². The maximum absolute atomic E-state index is 13.6. The van der Waals surface area contributed by atoms with E-state index >= 15 is 0 Å². The number of likely N-dealkylation sites (N-methyl/N-ethyl adjacent to an activating group) is 1. The third-order valence-electron chi connectivity index (χ3n) is 14.4. The Morgan fingerprint density at radius 2 is 0.780 bits per heavy atom. The van der Waals surface area contributed by atoms with Gasteiger partial charge in [-0.2, -0.15) is 0 Å². The van der Waals surface area contributed by atoms with E-state index in [1.807, 2.05) is 33.3 Å². The van der Waals surface area contributed by atoms with E-state index in [2.05, 4.69) is 123 Å². The molecule has 472 valence electrons. The number of phosphoric acid groups is 1. The van der Waals surface area contributed by atoms with Gasteiger partial charge in [-0.15, -0.1) is 0 Å². The highest BCUT2D eigenvalue weighted by Gasteiger charge is 2.27. The van der Waals surface area contributed by atoms with Crippen LogP contribution in [0.4, 0.5) is 0 Å². The fraction of sp³-hybridized carbons (Fsp3) is 0.722. The molecule has 0 aliphatic heterocycles. The zero-order valence-electron chi connectivity index (χ0n) is 53.9. The van der Waals surface area contributed by atoms with Crippen molar-refractivity contribution in [2.75, 3.05) is 40.9 Å². The molecule has 3 unspecified atom stereocenters. The number of allylic oxidation sites excluding steroid dienone is 17. The van der Waals surface area contributed by atoms with Gasteiger partial charge in [0.15, 0.2) is 0 Å². The molecule has 10 heteroatoms. The summed E-state index contributed by atoms with van der Waals surface area (Å²) in [6.07, 6.45) is 83.4. The van der Waals surface area contributed by atoms with Gasteiger partial charge in [0.25, 0.3) is 7.82 Å². The molecule has 82 heavy (non-hydrogen) atoms. The SMILES string of the molecule is CC/C=C\C/C=C\C/C=C\C/C=C\C/C=C\C/C=C\CCCCCCC(=O)OC(/C=C/CCCCCCCCCCCC)C(COP(=O)([O-])OCC[N+](C)(C)C)NC(=O)CCCCCCCCCCCCC/C=C\C/C=C\CCCCC. The molecule has 1 N–H and O–H groups in total. The molecule has 0 bridgehead atoms. The number of esters is 1. The highest BCUT2D eigenvalue weighted by Crippen LogP contribution is 2.38. The van der Waals surface area contributed by atoms with Crippen molar-refractivity contribution in [3.05, 3.63) is 109 Å². The van der Waals surface area contributed by atoms with Crippen molar-refractivity contribution >= 4 is 19.7 Å². The summed E-state index contributed by atoms with van der Waals surface area (Å²) >= 11 is 0. The van der Waals surface area contributed by atoms with Gasteiger partial charge < -0.3 is 28.5 Å². The number of quaternary nitrogens is 1. The van der Waals surface area contributed by atoms with Crippen LogP contribution in [0.25, 0.3) is 0 Å². The number of unbranched alkanes of at least 4 members (excludes halogenated alkanes) is 28. The van der Waals surface area contributed by atoms with E-state index in [-0.39, 0.29) is 24.9 Å². The summed E-state index contributed by atoms with van der Waals surface area (Å²) in [5, 5.41) is 3.03. The summed E-state index contributed by atoms with van der Waals surface area (Å²) in [6, 6.07) is -0.908. The van der Waals surface area contributed by atoms with E-state index in [1.54, 1.807) is 0 Å². The summed E-state index contributed by atoms with van der Waals surface area (Å²) in [5.74, 6) is -0.574. The first-order chi connectivity index (χ1) is 39.9. The Hall–Kier alpha value is -3.33. The topological polar surface area (TPSA) is 114 Å². The van der Waals surface area contributed by atoms with E-state index in [1.165, 1.54) is 128 Å². The quantitative estimate of drug-likeness (QED) is 0.0212. The highest BCUT2D eigenvalue weighted by molar-refractivity contribution is 7.45. The van der Waals surface area contributed by atoms with Crippen molar-refractivity contribution in [2.24, 2.45) is 0 Å². The van der Waals surface area contributed by atoms with Crippen molar-refractivity contribution in [1.82, 2.24) is 5.32 Å². The Morgan fingerprint density at radius 3 is 1.20 bits per heavy atom. The highest BCUT2D eigenvalue weighted by atomic mass is 31.2. The first kappa shape index (κ1) is 78.7. The average molecular weight is 1160 g/mol. The maximum atomic E-state index is 13.6. The minimum atomic E-state index is -4.72. The average Bonchev–Trinajstić information content (AvgIpc) is 3.44. The van der Waals surface area contributed by atoms with Crippen LogP contribution in [0.1, 0.15) is 284 Å². The largest absolute Gasteiger partial charge is 0.756 e. The molecule has 0 aliphatic carbocycles. The zero-order valence-corrected chi connectivity index (χ0v) is 54.8. The van der Waals surface area contributed by atoms with Crippen LogP contribution in [0, 0.1) is 0 Å².